The lowest BCUT2D eigenvalue weighted by molar-refractivity contribution is 0.921. The molecule has 0 atom stereocenters. The number of nitrogens with zero attached hydrogens (tertiary/aromatic N) is 3. The van der Waals surface area contributed by atoms with Gasteiger partial charge < -0.3 is 4.90 Å². The highest BCUT2D eigenvalue weighted by Gasteiger charge is 2.18. The van der Waals surface area contributed by atoms with Gasteiger partial charge in [-0.3, -0.25) is 9.36 Å². The van der Waals surface area contributed by atoms with Crippen molar-refractivity contribution in [1.29, 1.82) is 0 Å². The van der Waals surface area contributed by atoms with E-state index in [1.807, 2.05) is 79.7 Å². The van der Waals surface area contributed by atoms with E-state index in [9.17, 15) is 4.79 Å². The Bertz CT molecular complexity index is 987. The van der Waals surface area contributed by atoms with Crippen molar-refractivity contribution in [1.82, 2.24) is 9.55 Å². The molecule has 4 heteroatoms. The van der Waals surface area contributed by atoms with Crippen molar-refractivity contribution >= 4 is 11.9 Å². The molecule has 130 valence electrons. The van der Waals surface area contributed by atoms with Gasteiger partial charge in [-0.1, -0.05) is 67.3 Å². The quantitative estimate of drug-likeness (QED) is 0.653. The predicted molar refractivity (Wildman–Crippen MR) is 109 cm³/mol. The predicted octanol–water partition coefficient (Wildman–Crippen LogP) is 4.16. The first kappa shape index (κ1) is 17.4. The fourth-order valence-corrected chi connectivity index (χ4v) is 2.77. The monoisotopic (exact) mass is 343 g/mol. The summed E-state index contributed by atoms with van der Waals surface area (Å²) in [6.45, 7) is 3.70. The maximum absolute atomic E-state index is 13.4. The van der Waals surface area contributed by atoms with Crippen molar-refractivity contribution in [3.05, 3.63) is 95.3 Å². The maximum Gasteiger partial charge on any atom is 0.267 e. The standard InChI is InChI=1S/C22H21N3O/c1-4-5-16-19-21(24(2)3)23-20(17-12-8-6-9-13-17)25(22(19)26)18-14-10-7-11-15-18/h4-16H,1H2,2-3H3/b16-5+. The van der Waals surface area contributed by atoms with Gasteiger partial charge in [0.25, 0.3) is 5.56 Å². The minimum atomic E-state index is -0.119. The number of benzene rings is 2. The molecule has 0 aliphatic heterocycles. The molecule has 0 bridgehead atoms. The molecule has 0 saturated heterocycles. The van der Waals surface area contributed by atoms with Gasteiger partial charge >= 0.3 is 0 Å². The lowest BCUT2D eigenvalue weighted by Crippen LogP contribution is -2.28. The molecule has 0 amide bonds. The summed E-state index contributed by atoms with van der Waals surface area (Å²) < 4.78 is 1.66. The smallest absolute Gasteiger partial charge is 0.267 e. The third-order valence-electron chi connectivity index (χ3n) is 3.97. The largest absolute Gasteiger partial charge is 0.362 e. The van der Waals surface area contributed by atoms with E-state index in [0.29, 0.717) is 17.2 Å². The van der Waals surface area contributed by atoms with Crippen LogP contribution in [-0.2, 0) is 0 Å². The van der Waals surface area contributed by atoms with E-state index in [4.69, 9.17) is 4.98 Å². The minimum Gasteiger partial charge on any atom is -0.362 e. The van der Waals surface area contributed by atoms with E-state index in [1.165, 1.54) is 0 Å². The van der Waals surface area contributed by atoms with Crippen molar-refractivity contribution in [2.24, 2.45) is 0 Å². The van der Waals surface area contributed by atoms with Crippen LogP contribution in [0.25, 0.3) is 23.2 Å². The van der Waals surface area contributed by atoms with Gasteiger partial charge in [0.1, 0.15) is 11.6 Å². The Morgan fingerprint density at radius 2 is 1.62 bits per heavy atom. The normalized spacial score (nSPS) is 10.8. The van der Waals surface area contributed by atoms with Gasteiger partial charge in [-0.15, -0.1) is 0 Å². The van der Waals surface area contributed by atoms with Crippen LogP contribution in [0, 0.1) is 0 Å². The summed E-state index contributed by atoms with van der Waals surface area (Å²) >= 11 is 0. The molecule has 1 aromatic heterocycles. The molecule has 1 heterocycles. The maximum atomic E-state index is 13.4. The molecular formula is C22H21N3O. The average molecular weight is 343 g/mol. The SMILES string of the molecule is C=C/C=C/c1c(N(C)C)nc(-c2ccccc2)n(-c2ccccc2)c1=O. The molecule has 0 saturated carbocycles. The van der Waals surface area contributed by atoms with Crippen molar-refractivity contribution in [3.63, 3.8) is 0 Å². The second-order valence-electron chi connectivity index (χ2n) is 6.00. The fourth-order valence-electron chi connectivity index (χ4n) is 2.77. The second kappa shape index (κ2) is 7.66. The van der Waals surface area contributed by atoms with Crippen LogP contribution in [0.3, 0.4) is 0 Å². The zero-order valence-electron chi connectivity index (χ0n) is 15.0. The van der Waals surface area contributed by atoms with Gasteiger partial charge in [-0.05, 0) is 18.2 Å². The Morgan fingerprint density at radius 3 is 2.19 bits per heavy atom. The van der Waals surface area contributed by atoms with Crippen LogP contribution in [0.5, 0.6) is 0 Å². The number of hydrogen-bond donors (Lipinski definition) is 0. The Morgan fingerprint density at radius 1 is 1.00 bits per heavy atom. The molecule has 26 heavy (non-hydrogen) atoms. The first-order valence-electron chi connectivity index (χ1n) is 8.38. The van der Waals surface area contributed by atoms with Gasteiger partial charge in [0.2, 0.25) is 0 Å². The Balaban J connectivity index is 2.41. The van der Waals surface area contributed by atoms with E-state index in [-0.39, 0.29) is 5.56 Å². The molecule has 4 nitrogen and oxygen atoms in total. The highest BCUT2D eigenvalue weighted by Crippen LogP contribution is 2.24. The zero-order chi connectivity index (χ0) is 18.5. The Hall–Kier alpha value is -3.40. The van der Waals surface area contributed by atoms with Crippen LogP contribution < -0.4 is 10.5 Å². The van der Waals surface area contributed by atoms with Crippen molar-refractivity contribution in [3.8, 4) is 17.1 Å². The number of anilines is 1. The van der Waals surface area contributed by atoms with E-state index in [1.54, 1.807) is 22.8 Å². The summed E-state index contributed by atoms with van der Waals surface area (Å²) in [6, 6.07) is 19.3. The van der Waals surface area contributed by atoms with Gasteiger partial charge in [0, 0.05) is 19.7 Å². The molecule has 0 aliphatic rings. The number of hydrogen-bond acceptors (Lipinski definition) is 3. The molecule has 0 radical (unpaired) electrons. The molecule has 0 aliphatic carbocycles. The van der Waals surface area contributed by atoms with E-state index >= 15 is 0 Å². The summed E-state index contributed by atoms with van der Waals surface area (Å²) in [5, 5.41) is 0. The zero-order valence-corrected chi connectivity index (χ0v) is 15.0. The van der Waals surface area contributed by atoms with Crippen molar-refractivity contribution in [2.75, 3.05) is 19.0 Å². The van der Waals surface area contributed by atoms with Crippen LogP contribution in [0.1, 0.15) is 5.56 Å². The van der Waals surface area contributed by atoms with E-state index in [0.717, 1.165) is 11.3 Å². The van der Waals surface area contributed by atoms with Crippen LogP contribution >= 0.6 is 0 Å². The number of rotatable bonds is 5. The summed E-state index contributed by atoms with van der Waals surface area (Å²) in [6.07, 6.45) is 5.16. The minimum absolute atomic E-state index is 0.119. The average Bonchev–Trinajstić information content (AvgIpc) is 2.67. The van der Waals surface area contributed by atoms with E-state index < -0.39 is 0 Å². The molecule has 0 fully saturated rings. The first-order valence-corrected chi connectivity index (χ1v) is 8.38. The highest BCUT2D eigenvalue weighted by atomic mass is 16.1. The van der Waals surface area contributed by atoms with Crippen molar-refractivity contribution in [2.45, 2.75) is 0 Å². The fraction of sp³-hybridized carbons (Fsp3) is 0.0909. The van der Waals surface area contributed by atoms with Crippen LogP contribution in [0.15, 0.2) is 84.2 Å². The van der Waals surface area contributed by atoms with Crippen LogP contribution in [0.4, 0.5) is 5.82 Å². The summed E-state index contributed by atoms with van der Waals surface area (Å²) in [5.41, 5.74) is 2.07. The molecule has 3 rings (SSSR count). The summed E-state index contributed by atoms with van der Waals surface area (Å²) in [7, 11) is 3.77. The second-order valence-corrected chi connectivity index (χ2v) is 6.00. The highest BCUT2D eigenvalue weighted by molar-refractivity contribution is 5.69. The number of allylic oxidation sites excluding steroid dienone is 2. The van der Waals surface area contributed by atoms with Gasteiger partial charge in [-0.2, -0.15) is 0 Å². The van der Waals surface area contributed by atoms with Gasteiger partial charge in [0.05, 0.1) is 11.3 Å². The number of para-hydroxylation sites is 1. The molecule has 2 aromatic carbocycles. The number of aromatic nitrogens is 2. The lowest BCUT2D eigenvalue weighted by atomic mass is 10.1. The Labute approximate surface area is 153 Å². The third kappa shape index (κ3) is 3.35. The topological polar surface area (TPSA) is 38.1 Å². The Kier molecular flexibility index (Phi) is 5.13. The molecule has 0 spiro atoms. The molecule has 0 N–H and O–H groups in total. The summed E-state index contributed by atoms with van der Waals surface area (Å²) in [5.74, 6) is 1.24. The van der Waals surface area contributed by atoms with Crippen molar-refractivity contribution < 1.29 is 0 Å². The van der Waals surface area contributed by atoms with E-state index in [2.05, 4.69) is 6.58 Å². The van der Waals surface area contributed by atoms with Gasteiger partial charge in [-0.25, -0.2) is 4.98 Å². The molecule has 3 aromatic rings. The molecular weight excluding hydrogens is 322 g/mol. The van der Waals surface area contributed by atoms with Gasteiger partial charge in [0.15, 0.2) is 0 Å². The van der Waals surface area contributed by atoms with Crippen LogP contribution in [-0.4, -0.2) is 23.6 Å². The lowest BCUT2D eigenvalue weighted by Gasteiger charge is -2.20. The third-order valence-corrected chi connectivity index (χ3v) is 3.97. The summed E-state index contributed by atoms with van der Waals surface area (Å²) in [4.78, 5) is 20.1. The first-order chi connectivity index (χ1) is 12.6. The molecule has 0 unspecified atom stereocenters. The van der Waals surface area contributed by atoms with Crippen LogP contribution in [0.2, 0.25) is 0 Å².